The van der Waals surface area contributed by atoms with Crippen LogP contribution < -0.4 is 24.3 Å². The molecule has 1 aliphatic heterocycles. The van der Waals surface area contributed by atoms with Gasteiger partial charge in [0.05, 0.1) is 19.8 Å². The SMILES string of the molecule is COc1cccc(CN2Cc3cc(NC(=O)c4ccccc4OC(C)=O)ccc3OCC2=O)c1OC. The summed E-state index contributed by atoms with van der Waals surface area (Å²) in [6, 6.07) is 17.2. The number of hydrogen-bond donors (Lipinski definition) is 1. The number of amides is 2. The summed E-state index contributed by atoms with van der Waals surface area (Å²) in [7, 11) is 3.11. The number of hydrogen-bond acceptors (Lipinski definition) is 7. The lowest BCUT2D eigenvalue weighted by molar-refractivity contribution is -0.134. The molecule has 2 amide bonds. The Bertz CT molecular complexity index is 1310. The number of esters is 1. The number of para-hydroxylation sites is 2. The molecule has 0 fully saturated rings. The summed E-state index contributed by atoms with van der Waals surface area (Å²) in [5, 5.41) is 2.83. The number of nitrogens with one attached hydrogen (secondary N) is 1. The number of fused-ring (bicyclic) bond motifs is 1. The molecule has 3 aromatic carbocycles. The molecule has 3 aromatic rings. The van der Waals surface area contributed by atoms with Crippen LogP contribution in [-0.4, -0.2) is 43.5 Å². The minimum Gasteiger partial charge on any atom is -0.493 e. The van der Waals surface area contributed by atoms with Crippen molar-refractivity contribution in [1.82, 2.24) is 4.90 Å². The first-order valence-corrected chi connectivity index (χ1v) is 11.2. The molecule has 1 N–H and O–H groups in total. The second-order valence-corrected chi connectivity index (χ2v) is 8.06. The van der Waals surface area contributed by atoms with Crippen LogP contribution in [0.3, 0.4) is 0 Å². The van der Waals surface area contributed by atoms with Gasteiger partial charge in [0.1, 0.15) is 11.5 Å². The third-order valence-corrected chi connectivity index (χ3v) is 5.61. The van der Waals surface area contributed by atoms with E-state index in [0.29, 0.717) is 22.9 Å². The van der Waals surface area contributed by atoms with E-state index in [9.17, 15) is 14.4 Å². The highest BCUT2D eigenvalue weighted by Crippen LogP contribution is 2.33. The molecular weight excluding hydrogens is 464 g/mol. The van der Waals surface area contributed by atoms with Crippen LogP contribution in [0.5, 0.6) is 23.0 Å². The molecule has 9 heteroatoms. The minimum absolute atomic E-state index is 0.110. The zero-order valence-corrected chi connectivity index (χ0v) is 20.2. The highest BCUT2D eigenvalue weighted by molar-refractivity contribution is 6.06. The van der Waals surface area contributed by atoms with Gasteiger partial charge in [0, 0.05) is 36.8 Å². The van der Waals surface area contributed by atoms with Crippen molar-refractivity contribution in [1.29, 1.82) is 0 Å². The number of benzene rings is 3. The maximum atomic E-state index is 12.9. The molecular formula is C27H26N2O7. The Morgan fingerprint density at radius 2 is 1.78 bits per heavy atom. The zero-order valence-electron chi connectivity index (χ0n) is 20.2. The molecule has 4 rings (SSSR count). The van der Waals surface area contributed by atoms with Gasteiger partial charge in [0.25, 0.3) is 11.8 Å². The molecule has 0 spiro atoms. The van der Waals surface area contributed by atoms with Crippen molar-refractivity contribution in [3.63, 3.8) is 0 Å². The quantitative estimate of drug-likeness (QED) is 0.397. The van der Waals surface area contributed by atoms with Gasteiger partial charge in [-0.15, -0.1) is 0 Å². The van der Waals surface area contributed by atoms with Crippen LogP contribution in [0.2, 0.25) is 0 Å². The van der Waals surface area contributed by atoms with Gasteiger partial charge in [-0.3, -0.25) is 14.4 Å². The van der Waals surface area contributed by atoms with E-state index < -0.39 is 11.9 Å². The fourth-order valence-corrected chi connectivity index (χ4v) is 3.97. The Hall–Kier alpha value is -4.53. The number of ether oxygens (including phenoxy) is 4. The summed E-state index contributed by atoms with van der Waals surface area (Å²) in [5.41, 5.74) is 2.25. The summed E-state index contributed by atoms with van der Waals surface area (Å²) < 4.78 is 21.7. The lowest BCUT2D eigenvalue weighted by Crippen LogP contribution is -2.32. The fraction of sp³-hybridized carbons (Fsp3) is 0.222. The van der Waals surface area contributed by atoms with Crippen LogP contribution in [0.25, 0.3) is 0 Å². The molecule has 0 aliphatic carbocycles. The van der Waals surface area contributed by atoms with Crippen molar-refractivity contribution in [3.05, 3.63) is 77.4 Å². The van der Waals surface area contributed by atoms with E-state index in [0.717, 1.165) is 11.1 Å². The van der Waals surface area contributed by atoms with E-state index in [1.165, 1.54) is 6.92 Å². The molecule has 0 saturated carbocycles. The van der Waals surface area contributed by atoms with E-state index in [1.54, 1.807) is 67.7 Å². The van der Waals surface area contributed by atoms with Crippen LogP contribution in [-0.2, 0) is 22.7 Å². The number of rotatable bonds is 7. The van der Waals surface area contributed by atoms with Crippen molar-refractivity contribution >= 4 is 23.5 Å². The van der Waals surface area contributed by atoms with Crippen molar-refractivity contribution in [2.24, 2.45) is 0 Å². The third-order valence-electron chi connectivity index (χ3n) is 5.61. The molecule has 0 atom stereocenters. The summed E-state index contributed by atoms with van der Waals surface area (Å²) in [6.45, 7) is 1.71. The molecule has 0 saturated heterocycles. The van der Waals surface area contributed by atoms with Gasteiger partial charge >= 0.3 is 5.97 Å². The Morgan fingerprint density at radius 3 is 2.53 bits per heavy atom. The van der Waals surface area contributed by atoms with Crippen molar-refractivity contribution < 1.29 is 33.3 Å². The second-order valence-electron chi connectivity index (χ2n) is 8.06. The Kier molecular flexibility index (Phi) is 7.39. The number of anilines is 1. The number of nitrogens with zero attached hydrogens (tertiary/aromatic N) is 1. The van der Waals surface area contributed by atoms with E-state index >= 15 is 0 Å². The van der Waals surface area contributed by atoms with Gasteiger partial charge in [-0.2, -0.15) is 0 Å². The van der Waals surface area contributed by atoms with E-state index in [4.69, 9.17) is 18.9 Å². The molecule has 1 heterocycles. The molecule has 186 valence electrons. The van der Waals surface area contributed by atoms with Crippen LogP contribution in [0.4, 0.5) is 5.69 Å². The van der Waals surface area contributed by atoms with Gasteiger partial charge in [0.15, 0.2) is 18.1 Å². The third kappa shape index (κ3) is 5.41. The Morgan fingerprint density at radius 1 is 1.00 bits per heavy atom. The lowest BCUT2D eigenvalue weighted by atomic mass is 10.1. The minimum atomic E-state index is -0.519. The van der Waals surface area contributed by atoms with E-state index in [2.05, 4.69) is 5.32 Å². The molecule has 0 bridgehead atoms. The molecule has 0 unspecified atom stereocenters. The molecule has 9 nitrogen and oxygen atoms in total. The first-order valence-electron chi connectivity index (χ1n) is 11.2. The topological polar surface area (TPSA) is 103 Å². The highest BCUT2D eigenvalue weighted by atomic mass is 16.5. The first kappa shape index (κ1) is 24.6. The maximum Gasteiger partial charge on any atom is 0.308 e. The van der Waals surface area contributed by atoms with Gasteiger partial charge in [-0.1, -0.05) is 24.3 Å². The van der Waals surface area contributed by atoms with Gasteiger partial charge in [-0.05, 0) is 36.4 Å². The summed E-state index contributed by atoms with van der Waals surface area (Å²) in [6.07, 6.45) is 0. The zero-order chi connectivity index (χ0) is 25.7. The van der Waals surface area contributed by atoms with Crippen molar-refractivity contribution in [2.45, 2.75) is 20.0 Å². The van der Waals surface area contributed by atoms with Crippen LogP contribution in [0.15, 0.2) is 60.7 Å². The Balaban J connectivity index is 1.56. The number of methoxy groups -OCH3 is 2. The van der Waals surface area contributed by atoms with Gasteiger partial charge in [0.2, 0.25) is 0 Å². The average molecular weight is 491 g/mol. The van der Waals surface area contributed by atoms with Crippen LogP contribution >= 0.6 is 0 Å². The average Bonchev–Trinajstić information content (AvgIpc) is 3.02. The molecule has 36 heavy (non-hydrogen) atoms. The predicted molar refractivity (Wildman–Crippen MR) is 131 cm³/mol. The summed E-state index contributed by atoms with van der Waals surface area (Å²) in [4.78, 5) is 38.8. The van der Waals surface area contributed by atoms with Crippen LogP contribution in [0, 0.1) is 0 Å². The Labute approximate surface area is 208 Å². The molecule has 0 aromatic heterocycles. The normalized spacial score (nSPS) is 12.6. The monoisotopic (exact) mass is 490 g/mol. The second kappa shape index (κ2) is 10.8. The van der Waals surface area contributed by atoms with Gasteiger partial charge in [-0.25, -0.2) is 0 Å². The smallest absolute Gasteiger partial charge is 0.308 e. The first-order chi connectivity index (χ1) is 17.4. The summed E-state index contributed by atoms with van der Waals surface area (Å²) >= 11 is 0. The van der Waals surface area contributed by atoms with Crippen molar-refractivity contribution in [3.8, 4) is 23.0 Å². The van der Waals surface area contributed by atoms with E-state index in [-0.39, 0.29) is 36.9 Å². The fourth-order valence-electron chi connectivity index (χ4n) is 3.97. The molecule has 0 radical (unpaired) electrons. The lowest BCUT2D eigenvalue weighted by Gasteiger charge is -2.22. The largest absolute Gasteiger partial charge is 0.493 e. The van der Waals surface area contributed by atoms with Crippen molar-refractivity contribution in [2.75, 3.05) is 26.1 Å². The number of carbonyl (C=O) groups excluding carboxylic acids is 3. The molecule has 1 aliphatic rings. The van der Waals surface area contributed by atoms with Gasteiger partial charge < -0.3 is 29.2 Å². The highest BCUT2D eigenvalue weighted by Gasteiger charge is 2.24. The predicted octanol–water partition coefficient (Wildman–Crippen LogP) is 3.80. The standard InChI is InChI=1S/C27H26N2O7/c1-17(30)36-23-9-5-4-8-21(23)27(32)28-20-11-12-22-19(13-20)15-29(25(31)16-35-22)14-18-7-6-10-24(33-2)26(18)34-3/h4-13H,14-16H2,1-3H3,(H,28,32). The summed E-state index contributed by atoms with van der Waals surface area (Å²) in [5.74, 6) is 0.729. The van der Waals surface area contributed by atoms with E-state index in [1.807, 2.05) is 12.1 Å². The maximum absolute atomic E-state index is 12.9. The van der Waals surface area contributed by atoms with Crippen LogP contribution in [0.1, 0.15) is 28.4 Å². The number of carbonyl (C=O) groups is 3.